The number of benzene rings is 3. The summed E-state index contributed by atoms with van der Waals surface area (Å²) in [5.41, 5.74) is 5.64. The van der Waals surface area contributed by atoms with Gasteiger partial charge in [0, 0.05) is 18.3 Å². The van der Waals surface area contributed by atoms with Crippen molar-refractivity contribution in [1.29, 1.82) is 5.26 Å². The quantitative estimate of drug-likeness (QED) is 0.303. The van der Waals surface area contributed by atoms with E-state index in [1.165, 1.54) is 35.4 Å². The number of nitriles is 1. The van der Waals surface area contributed by atoms with Crippen molar-refractivity contribution in [1.82, 2.24) is 10.2 Å². The molecule has 200 valence electrons. The number of aliphatic hydroxyl groups is 1. The number of aliphatic carboxylic acids is 1. The van der Waals surface area contributed by atoms with E-state index in [2.05, 4.69) is 34.9 Å². The van der Waals surface area contributed by atoms with E-state index >= 15 is 0 Å². The third-order valence-electron chi connectivity index (χ3n) is 6.71. The molecule has 2 unspecified atom stereocenters. The molecule has 2 aliphatic rings. The van der Waals surface area contributed by atoms with Crippen LogP contribution in [0.2, 0.25) is 0 Å². The van der Waals surface area contributed by atoms with Crippen molar-refractivity contribution in [2.45, 2.75) is 50.9 Å². The van der Waals surface area contributed by atoms with E-state index in [-0.39, 0.29) is 13.0 Å². The molecule has 39 heavy (non-hydrogen) atoms. The summed E-state index contributed by atoms with van der Waals surface area (Å²) in [6.07, 6.45) is 0.141. The Balaban J connectivity index is 0.000000429. The molecule has 0 fully saturated rings. The predicted molar refractivity (Wildman–Crippen MR) is 145 cm³/mol. The molecule has 3 aromatic rings. The Morgan fingerprint density at radius 1 is 1.00 bits per heavy atom. The number of carbonyl (C=O) groups is 3. The van der Waals surface area contributed by atoms with Crippen LogP contribution >= 0.6 is 0 Å². The molecular formula is C30H30N4O5. The van der Waals surface area contributed by atoms with Gasteiger partial charge in [-0.25, -0.2) is 4.79 Å². The summed E-state index contributed by atoms with van der Waals surface area (Å²) in [6.45, 7) is 1.56. The lowest BCUT2D eigenvalue weighted by atomic mass is 9.91. The first-order valence-corrected chi connectivity index (χ1v) is 12.7. The zero-order chi connectivity index (χ0) is 27.9. The minimum atomic E-state index is -1.28. The van der Waals surface area contributed by atoms with Crippen LogP contribution in [0.15, 0.2) is 72.8 Å². The van der Waals surface area contributed by atoms with E-state index in [1.807, 2.05) is 30.3 Å². The second kappa shape index (κ2) is 12.2. The fraction of sp³-hybridized carbons (Fsp3) is 0.267. The number of carboxylic acid groups (broad SMARTS) is 1. The molecule has 1 aliphatic carbocycles. The van der Waals surface area contributed by atoms with E-state index < -0.39 is 36.1 Å². The SMILES string of the molecule is CC(O)C(NC(=O)Nc1cccc(C#N)c1)C(=O)N1Cc2ccccc2C[C@@H]1CC(=O)O.c1ccc2c(c1)C2. The lowest BCUT2D eigenvalue weighted by Gasteiger charge is -2.39. The number of rotatable bonds is 6. The molecule has 0 saturated carbocycles. The van der Waals surface area contributed by atoms with Crippen LogP contribution in [-0.4, -0.2) is 51.2 Å². The molecule has 1 aliphatic heterocycles. The van der Waals surface area contributed by atoms with Gasteiger partial charge in [-0.15, -0.1) is 0 Å². The standard InChI is InChI=1S/C23H24N4O5.C7H6/c1-14(28)21(26-23(32)25-18-8-4-5-15(9-18)12-24)22(31)27-13-17-7-3-2-6-16(17)10-19(27)11-20(29)30;1-2-4-7-5-6(7)3-1/h2-9,14,19,21,28H,10-11,13H2,1H3,(H,29,30)(H2,25,26,32);1-4H,5H2/t14?,19-,21?;/m1./s1. The summed E-state index contributed by atoms with van der Waals surface area (Å²) in [5, 5.41) is 33.6. The van der Waals surface area contributed by atoms with Crippen LogP contribution in [0.3, 0.4) is 0 Å². The maximum atomic E-state index is 13.3. The van der Waals surface area contributed by atoms with Crippen molar-refractivity contribution in [2.75, 3.05) is 5.32 Å². The van der Waals surface area contributed by atoms with Gasteiger partial charge in [-0.2, -0.15) is 5.26 Å². The van der Waals surface area contributed by atoms with Crippen molar-refractivity contribution in [3.8, 4) is 6.07 Å². The first-order chi connectivity index (χ1) is 18.7. The van der Waals surface area contributed by atoms with Gasteiger partial charge in [0.1, 0.15) is 6.04 Å². The van der Waals surface area contributed by atoms with Crippen LogP contribution in [-0.2, 0) is 29.0 Å². The predicted octanol–water partition coefficient (Wildman–Crippen LogP) is 3.45. The number of nitrogens with one attached hydrogen (secondary N) is 2. The highest BCUT2D eigenvalue weighted by molar-refractivity contribution is 5.94. The highest BCUT2D eigenvalue weighted by atomic mass is 16.4. The lowest BCUT2D eigenvalue weighted by molar-refractivity contribution is -0.143. The third-order valence-corrected chi connectivity index (χ3v) is 6.71. The number of carboxylic acids is 1. The van der Waals surface area contributed by atoms with Crippen molar-refractivity contribution < 1.29 is 24.6 Å². The molecule has 1 heterocycles. The Kier molecular flexibility index (Phi) is 8.59. The van der Waals surface area contributed by atoms with Gasteiger partial charge in [-0.3, -0.25) is 9.59 Å². The molecular weight excluding hydrogens is 496 g/mol. The average molecular weight is 527 g/mol. The fourth-order valence-corrected chi connectivity index (χ4v) is 4.61. The Morgan fingerprint density at radius 3 is 2.23 bits per heavy atom. The van der Waals surface area contributed by atoms with Crippen molar-refractivity contribution in [3.63, 3.8) is 0 Å². The molecule has 3 atom stereocenters. The van der Waals surface area contributed by atoms with E-state index in [4.69, 9.17) is 5.26 Å². The van der Waals surface area contributed by atoms with Crippen LogP contribution in [0.1, 0.15) is 41.2 Å². The van der Waals surface area contributed by atoms with Crippen LogP contribution < -0.4 is 10.6 Å². The highest BCUT2D eigenvalue weighted by Gasteiger charge is 2.37. The minimum absolute atomic E-state index is 0.184. The summed E-state index contributed by atoms with van der Waals surface area (Å²) in [7, 11) is 0. The number of aliphatic hydroxyl groups excluding tert-OH is 1. The summed E-state index contributed by atoms with van der Waals surface area (Å²) in [5.74, 6) is -1.61. The number of hydrogen-bond acceptors (Lipinski definition) is 5. The average Bonchev–Trinajstić information content (AvgIpc) is 3.71. The molecule has 9 heteroatoms. The fourth-order valence-electron chi connectivity index (χ4n) is 4.61. The summed E-state index contributed by atoms with van der Waals surface area (Å²) in [6, 6.07) is 21.6. The van der Waals surface area contributed by atoms with Gasteiger partial charge in [-0.1, -0.05) is 54.6 Å². The molecule has 3 amide bonds. The van der Waals surface area contributed by atoms with E-state index in [0.29, 0.717) is 17.7 Å². The second-order valence-corrected chi connectivity index (χ2v) is 9.65. The first kappa shape index (κ1) is 27.4. The van der Waals surface area contributed by atoms with Gasteiger partial charge in [0.2, 0.25) is 5.91 Å². The topological polar surface area (TPSA) is 143 Å². The molecule has 0 spiro atoms. The monoisotopic (exact) mass is 526 g/mol. The largest absolute Gasteiger partial charge is 0.481 e. The molecule has 5 rings (SSSR count). The number of hydrogen-bond donors (Lipinski definition) is 4. The van der Waals surface area contributed by atoms with Crippen LogP contribution in [0.5, 0.6) is 0 Å². The first-order valence-electron chi connectivity index (χ1n) is 12.7. The Hall–Kier alpha value is -4.68. The van der Waals surface area contributed by atoms with Gasteiger partial charge in [0.25, 0.3) is 0 Å². The number of fused-ring (bicyclic) bond motifs is 2. The molecule has 0 aromatic heterocycles. The van der Waals surface area contributed by atoms with Gasteiger partial charge in [0.05, 0.1) is 24.2 Å². The zero-order valence-corrected chi connectivity index (χ0v) is 21.5. The summed E-state index contributed by atoms with van der Waals surface area (Å²) < 4.78 is 0. The normalized spacial score (nSPS) is 16.1. The van der Waals surface area contributed by atoms with Gasteiger partial charge >= 0.3 is 12.0 Å². The Bertz CT molecular complexity index is 1390. The molecule has 0 saturated heterocycles. The van der Waals surface area contributed by atoms with E-state index in [9.17, 15) is 24.6 Å². The van der Waals surface area contributed by atoms with Crippen molar-refractivity contribution >= 4 is 23.6 Å². The second-order valence-electron chi connectivity index (χ2n) is 9.65. The third kappa shape index (κ3) is 7.21. The highest BCUT2D eigenvalue weighted by Crippen LogP contribution is 2.27. The van der Waals surface area contributed by atoms with Crippen LogP contribution in [0.4, 0.5) is 10.5 Å². The van der Waals surface area contributed by atoms with Crippen molar-refractivity contribution in [3.05, 3.63) is 101 Å². The van der Waals surface area contributed by atoms with Gasteiger partial charge in [0.15, 0.2) is 0 Å². The lowest BCUT2D eigenvalue weighted by Crippen LogP contribution is -2.58. The maximum Gasteiger partial charge on any atom is 0.319 e. The number of nitrogens with zero attached hydrogens (tertiary/aromatic N) is 2. The Labute approximate surface area is 226 Å². The zero-order valence-electron chi connectivity index (χ0n) is 21.5. The molecule has 0 radical (unpaired) electrons. The van der Waals surface area contributed by atoms with Gasteiger partial charge in [-0.05, 0) is 60.2 Å². The van der Waals surface area contributed by atoms with Gasteiger partial charge < -0.3 is 25.7 Å². The van der Waals surface area contributed by atoms with Crippen LogP contribution in [0.25, 0.3) is 0 Å². The summed E-state index contributed by atoms with van der Waals surface area (Å²) >= 11 is 0. The molecule has 3 aromatic carbocycles. The number of amides is 3. The summed E-state index contributed by atoms with van der Waals surface area (Å²) in [4.78, 5) is 38.6. The van der Waals surface area contributed by atoms with Crippen LogP contribution in [0, 0.1) is 11.3 Å². The van der Waals surface area contributed by atoms with E-state index in [0.717, 1.165) is 11.1 Å². The van der Waals surface area contributed by atoms with E-state index in [1.54, 1.807) is 18.2 Å². The smallest absolute Gasteiger partial charge is 0.319 e. The number of anilines is 1. The minimum Gasteiger partial charge on any atom is -0.481 e. The molecule has 9 nitrogen and oxygen atoms in total. The number of carbonyl (C=O) groups excluding carboxylic acids is 2. The Morgan fingerprint density at radius 2 is 1.64 bits per heavy atom. The van der Waals surface area contributed by atoms with Crippen molar-refractivity contribution in [2.24, 2.45) is 0 Å². The molecule has 4 N–H and O–H groups in total. The maximum absolute atomic E-state index is 13.3. The molecule has 0 bridgehead atoms. The number of urea groups is 1.